The molecule has 530 valence electrons. The van der Waals surface area contributed by atoms with Crippen molar-refractivity contribution >= 4 is 132 Å². The van der Waals surface area contributed by atoms with Gasteiger partial charge in [0.15, 0.2) is 0 Å². The molecule has 0 saturated carbocycles. The molecule has 7 heterocycles. The summed E-state index contributed by atoms with van der Waals surface area (Å²) in [5.41, 5.74) is -1.93. The largest absolute Gasteiger partial charge is 0.416 e. The van der Waals surface area contributed by atoms with Gasteiger partial charge in [-0.05, 0) is 169 Å². The Bertz CT molecular complexity index is 6650. The molecule has 0 fully saturated rings. The third-order valence-corrected chi connectivity index (χ3v) is 21.2. The monoisotopic (exact) mass is 1460 g/mol. The quantitative estimate of drug-likeness (QED) is 0.107. The number of alkyl halides is 12. The number of halogens is 12. The Balaban J connectivity index is 0.995. The maximum absolute atomic E-state index is 16.5. The molecule has 0 radical (unpaired) electrons. The van der Waals surface area contributed by atoms with Crippen molar-refractivity contribution < 1.29 is 52.7 Å². The minimum Gasteiger partial charge on any atom is -0.308 e. The first-order valence-corrected chi connectivity index (χ1v) is 34.9. The Morgan fingerprint density at radius 2 is 0.716 bits per heavy atom. The minimum atomic E-state index is -6.07. The van der Waals surface area contributed by atoms with E-state index in [0.717, 1.165) is 83.9 Å². The average Bonchev–Trinajstić information content (AvgIpc) is 1.55. The second-order valence-corrected chi connectivity index (χ2v) is 27.5. The minimum absolute atomic E-state index is 0.0574. The fourth-order valence-electron chi connectivity index (χ4n) is 16.9. The molecule has 0 bridgehead atoms. The summed E-state index contributed by atoms with van der Waals surface area (Å²) in [6.45, 7) is -0.397. The van der Waals surface area contributed by atoms with Crippen LogP contribution in [0, 0.1) is 13.8 Å². The normalized spacial score (nSPS) is 12.7. The summed E-state index contributed by atoms with van der Waals surface area (Å²) in [6.07, 6.45) is -20.1. The van der Waals surface area contributed by atoms with Crippen LogP contribution in [0.2, 0.25) is 0 Å². The predicted octanol–water partition coefficient (Wildman–Crippen LogP) is 23.1. The van der Waals surface area contributed by atoms with Crippen LogP contribution in [0.5, 0.6) is 0 Å². The highest BCUT2D eigenvalue weighted by molar-refractivity contribution is 6.96. The molecule has 0 aliphatic rings. The highest BCUT2D eigenvalue weighted by Gasteiger charge is 2.50. The second-order valence-electron chi connectivity index (χ2n) is 27.5. The van der Waals surface area contributed by atoms with E-state index in [2.05, 4.69) is 21.3 Å². The first-order valence-electron chi connectivity index (χ1n) is 34.9. The van der Waals surface area contributed by atoms with Crippen LogP contribution in [0.25, 0.3) is 154 Å². The van der Waals surface area contributed by atoms with Gasteiger partial charge in [0.1, 0.15) is 11.6 Å². The van der Waals surface area contributed by atoms with E-state index in [-0.39, 0.29) is 17.2 Å². The number of para-hydroxylation sites is 2. The van der Waals surface area contributed by atoms with Crippen LogP contribution in [0.1, 0.15) is 33.4 Å². The molecule has 19 aromatic rings. The molecule has 20 heteroatoms. The number of hydrogen-bond acceptors (Lipinski definition) is 3. The summed E-state index contributed by atoms with van der Waals surface area (Å²) in [6, 6.07) is 76.2. The molecule has 0 N–H and O–H groups in total. The zero-order valence-electron chi connectivity index (χ0n) is 57.3. The van der Waals surface area contributed by atoms with Gasteiger partial charge in [-0.1, -0.05) is 162 Å². The molecular weight excluding hydrogens is 1410 g/mol. The average molecular weight is 1460 g/mol. The third-order valence-electron chi connectivity index (χ3n) is 21.2. The van der Waals surface area contributed by atoms with Crippen molar-refractivity contribution in [3.8, 4) is 45.3 Å². The zero-order valence-corrected chi connectivity index (χ0v) is 57.3. The Morgan fingerprint density at radius 3 is 1.17 bits per heavy atom. The van der Waals surface area contributed by atoms with Gasteiger partial charge in [0.05, 0.1) is 88.8 Å². The predicted molar refractivity (Wildman–Crippen MR) is 410 cm³/mol. The molecule has 0 spiro atoms. The van der Waals surface area contributed by atoms with Crippen LogP contribution < -0.4 is 16.4 Å². The molecule has 0 saturated heterocycles. The fourth-order valence-corrected chi connectivity index (χ4v) is 16.9. The van der Waals surface area contributed by atoms with Crippen molar-refractivity contribution in [2.24, 2.45) is 0 Å². The van der Waals surface area contributed by atoms with E-state index in [1.807, 2.05) is 194 Å². The number of rotatable bonds is 9. The summed E-state index contributed by atoms with van der Waals surface area (Å²) in [5.74, 6) is -0.395. The van der Waals surface area contributed by atoms with Crippen molar-refractivity contribution in [1.82, 2.24) is 33.2 Å². The zero-order chi connectivity index (χ0) is 74.9. The summed E-state index contributed by atoms with van der Waals surface area (Å²) in [4.78, 5) is 15.0. The van der Waals surface area contributed by atoms with Crippen molar-refractivity contribution in [3.63, 3.8) is 0 Å². The molecule has 7 aromatic heterocycles. The molecule has 7 nitrogen and oxygen atoms in total. The number of nitrogens with zero attached hydrogens (tertiary/aromatic N) is 7. The molecule has 0 aliphatic carbocycles. The van der Waals surface area contributed by atoms with Crippen LogP contribution in [-0.2, 0) is 24.7 Å². The van der Waals surface area contributed by atoms with Gasteiger partial charge in [-0.2, -0.15) is 52.7 Å². The van der Waals surface area contributed by atoms with Gasteiger partial charge in [0.25, 0.3) is 0 Å². The Hall–Kier alpha value is -13.0. The lowest BCUT2D eigenvalue weighted by atomic mass is 9.34. The van der Waals surface area contributed by atoms with Crippen LogP contribution in [-0.4, -0.2) is 39.9 Å². The van der Waals surface area contributed by atoms with Gasteiger partial charge in [0, 0.05) is 66.3 Å². The number of fused-ring (bicyclic) bond motifs is 16. The van der Waals surface area contributed by atoms with Gasteiger partial charge in [-0.25, -0.2) is 4.98 Å². The van der Waals surface area contributed by atoms with Crippen LogP contribution in [0.3, 0.4) is 0 Å². The maximum Gasteiger partial charge on any atom is 0.416 e. The van der Waals surface area contributed by atoms with E-state index in [1.165, 1.54) is 25.1 Å². The number of benzene rings is 12. The molecule has 19 rings (SSSR count). The van der Waals surface area contributed by atoms with Gasteiger partial charge in [-0.3, -0.25) is 19.1 Å². The molecule has 0 unspecified atom stereocenters. The topological polar surface area (TPSA) is 58.4 Å². The lowest BCUT2D eigenvalue weighted by Gasteiger charge is -2.29. The molecule has 0 atom stereocenters. The number of aromatic nitrogens is 7. The SMILES string of the molecule is Cc1cc(C)c(B(c2cc(-n3c4ccccc4c4c3ccc3c5cc(-c6ccccc6)ccc5n(-c5cccc6ncccc56)c34)nc(-n3c4ccccc4c4c3ccc3c5cc(-c6ccccc6)ccc5n(-c5cccc6ncccc56)c34)c2)c2c(C(F)(F)F)cc(C(F)(F)F)cc2C(F)(F)F)c(C(F)(F)F)c1. The third kappa shape index (κ3) is 10.6. The van der Waals surface area contributed by atoms with Crippen molar-refractivity contribution in [1.29, 1.82) is 0 Å². The van der Waals surface area contributed by atoms with Crippen molar-refractivity contribution in [2.45, 2.75) is 38.6 Å². The van der Waals surface area contributed by atoms with E-state index >= 15 is 52.7 Å². The molecular formula is C89H52BF12N7. The standard InChI is InChI=1S/C89H52BF12N7/c1-49-41-50(2)82(65(42-49)87(94,95)96)90(83-66(88(97,98)99)45-55(86(91,92)93)46-67(83)89(100,101)102)56-47-78(106-72-27-11-9-21-61(72)80-76(106)37-33-57-63-43-53(51-17-5-3-6-18-51)31-35-74(63)108(84(57)80)70-29-13-25-68-59(70)23-15-39-103-68)105-79(48-56)107-73-28-12-10-22-62(73)81-77(107)38-34-58-64-44-54(52-19-7-4-8-20-52)32-36-75(64)109(85(58)81)71-30-14-26-69-60(71)24-16-40-104-69/h3-48H,1-2H3. The summed E-state index contributed by atoms with van der Waals surface area (Å²) >= 11 is 0. The van der Waals surface area contributed by atoms with Gasteiger partial charge < -0.3 is 9.13 Å². The maximum atomic E-state index is 16.5. The van der Waals surface area contributed by atoms with Crippen molar-refractivity contribution in [2.75, 3.05) is 0 Å². The molecule has 0 aliphatic heterocycles. The first-order chi connectivity index (χ1) is 52.5. The van der Waals surface area contributed by atoms with Crippen LogP contribution in [0.4, 0.5) is 52.7 Å². The lowest BCUT2D eigenvalue weighted by molar-refractivity contribution is -0.147. The smallest absolute Gasteiger partial charge is 0.308 e. The molecule has 12 aromatic carbocycles. The fraction of sp³-hybridized carbons (Fsp3) is 0.0674. The summed E-state index contributed by atoms with van der Waals surface area (Å²) in [7, 11) is 0. The van der Waals surface area contributed by atoms with E-state index in [1.54, 1.807) is 45.8 Å². The highest BCUT2D eigenvalue weighted by Crippen LogP contribution is 2.48. The van der Waals surface area contributed by atoms with Gasteiger partial charge in [0.2, 0.25) is 6.71 Å². The van der Waals surface area contributed by atoms with Gasteiger partial charge >= 0.3 is 24.7 Å². The molecule has 0 amide bonds. The lowest BCUT2D eigenvalue weighted by Crippen LogP contribution is -2.59. The number of pyridine rings is 3. The van der Waals surface area contributed by atoms with Gasteiger partial charge in [-0.15, -0.1) is 0 Å². The van der Waals surface area contributed by atoms with Crippen LogP contribution >= 0.6 is 0 Å². The summed E-state index contributed by atoms with van der Waals surface area (Å²) in [5, 5.41) is 7.13. The first kappa shape index (κ1) is 66.7. The molecule has 109 heavy (non-hydrogen) atoms. The van der Waals surface area contributed by atoms with E-state index in [9.17, 15) is 0 Å². The van der Waals surface area contributed by atoms with E-state index in [0.29, 0.717) is 71.7 Å². The van der Waals surface area contributed by atoms with Crippen LogP contribution in [0.15, 0.2) is 279 Å². The van der Waals surface area contributed by atoms with E-state index < -0.39 is 87.8 Å². The second kappa shape index (κ2) is 24.3. The highest BCUT2D eigenvalue weighted by atomic mass is 19.4. The number of aryl methyl sites for hydroxylation is 2. The van der Waals surface area contributed by atoms with E-state index in [4.69, 9.17) is 15.0 Å². The Kier molecular flexibility index (Phi) is 14.9. The Labute approximate surface area is 611 Å². The van der Waals surface area contributed by atoms with Crippen molar-refractivity contribution in [3.05, 3.63) is 313 Å². The number of hydrogen-bond donors (Lipinski definition) is 0. The Morgan fingerprint density at radius 1 is 0.303 bits per heavy atom. The summed E-state index contributed by atoms with van der Waals surface area (Å²) < 4.78 is 201.